The fourth-order valence-corrected chi connectivity index (χ4v) is 2.28. The number of halogens is 1. The molecule has 0 saturated heterocycles. The van der Waals surface area contributed by atoms with Crippen LogP contribution >= 0.6 is 11.6 Å². The second-order valence-electron chi connectivity index (χ2n) is 5.43. The van der Waals surface area contributed by atoms with Crippen LogP contribution in [-0.2, 0) is 9.59 Å². The first-order chi connectivity index (χ1) is 10.9. The summed E-state index contributed by atoms with van der Waals surface area (Å²) >= 11 is 5.82. The maximum atomic E-state index is 12.2. The van der Waals surface area contributed by atoms with Crippen LogP contribution in [0.25, 0.3) is 0 Å². The molecule has 4 nitrogen and oxygen atoms in total. The van der Waals surface area contributed by atoms with Crippen molar-refractivity contribution in [3.63, 3.8) is 0 Å². The third-order valence-corrected chi connectivity index (χ3v) is 3.86. The molecule has 5 heteroatoms. The van der Waals surface area contributed by atoms with Crippen LogP contribution in [0.5, 0.6) is 0 Å². The highest BCUT2D eigenvalue weighted by atomic mass is 35.5. The normalized spacial score (nSPS) is 10.3. The van der Waals surface area contributed by atoms with Crippen molar-refractivity contribution >= 4 is 34.8 Å². The van der Waals surface area contributed by atoms with Gasteiger partial charge in [0.15, 0.2) is 0 Å². The maximum Gasteiger partial charge on any atom is 0.244 e. The average molecular weight is 331 g/mol. The zero-order chi connectivity index (χ0) is 17.0. The number of hydrogen-bond donors (Lipinski definition) is 1. The molecule has 0 fully saturated rings. The molecule has 2 aromatic rings. The molecule has 0 heterocycles. The summed E-state index contributed by atoms with van der Waals surface area (Å²) in [6.07, 6.45) is 0. The van der Waals surface area contributed by atoms with Gasteiger partial charge in [0, 0.05) is 23.3 Å². The highest BCUT2D eigenvalue weighted by Crippen LogP contribution is 2.19. The van der Waals surface area contributed by atoms with Gasteiger partial charge < -0.3 is 10.2 Å². The number of rotatable bonds is 4. The van der Waals surface area contributed by atoms with Crippen molar-refractivity contribution in [2.24, 2.45) is 0 Å². The summed E-state index contributed by atoms with van der Waals surface area (Å²) in [4.78, 5) is 25.6. The summed E-state index contributed by atoms with van der Waals surface area (Å²) in [7, 11) is 0. The molecule has 0 aliphatic heterocycles. The van der Waals surface area contributed by atoms with Crippen LogP contribution in [0.1, 0.15) is 18.1 Å². The van der Waals surface area contributed by atoms with E-state index in [2.05, 4.69) is 5.32 Å². The maximum absolute atomic E-state index is 12.2. The molecule has 0 saturated carbocycles. The molecule has 0 radical (unpaired) electrons. The molecule has 0 aliphatic rings. The van der Waals surface area contributed by atoms with Crippen LogP contribution in [0, 0.1) is 13.8 Å². The number of carbonyl (C=O) groups is 2. The average Bonchev–Trinajstić information content (AvgIpc) is 2.50. The van der Waals surface area contributed by atoms with Crippen molar-refractivity contribution in [1.29, 1.82) is 0 Å². The summed E-state index contributed by atoms with van der Waals surface area (Å²) in [6, 6.07) is 12.5. The quantitative estimate of drug-likeness (QED) is 0.922. The fraction of sp³-hybridized carbons (Fsp3) is 0.222. The van der Waals surface area contributed by atoms with Gasteiger partial charge in [-0.05, 0) is 61.4 Å². The van der Waals surface area contributed by atoms with Gasteiger partial charge >= 0.3 is 0 Å². The molecule has 0 atom stereocenters. The number of carbonyl (C=O) groups excluding carboxylic acids is 2. The molecular formula is C18H19ClN2O2. The van der Waals surface area contributed by atoms with E-state index in [9.17, 15) is 9.59 Å². The van der Waals surface area contributed by atoms with E-state index in [-0.39, 0.29) is 18.4 Å². The fourth-order valence-electron chi connectivity index (χ4n) is 2.16. The Bertz CT molecular complexity index is 726. The molecule has 0 bridgehead atoms. The Labute approximate surface area is 141 Å². The zero-order valence-corrected chi connectivity index (χ0v) is 14.1. The Morgan fingerprint density at radius 3 is 2.26 bits per heavy atom. The zero-order valence-electron chi connectivity index (χ0n) is 13.4. The molecule has 23 heavy (non-hydrogen) atoms. The van der Waals surface area contributed by atoms with E-state index in [0.29, 0.717) is 16.4 Å². The molecule has 0 aliphatic carbocycles. The lowest BCUT2D eigenvalue weighted by atomic mass is 10.1. The molecule has 0 aromatic heterocycles. The highest BCUT2D eigenvalue weighted by Gasteiger charge is 2.16. The van der Waals surface area contributed by atoms with E-state index in [4.69, 9.17) is 11.6 Å². The van der Waals surface area contributed by atoms with Crippen LogP contribution in [0.4, 0.5) is 11.4 Å². The molecule has 0 unspecified atom stereocenters. The first-order valence-corrected chi connectivity index (χ1v) is 7.65. The molecule has 2 rings (SSSR count). The number of aryl methyl sites for hydroxylation is 2. The summed E-state index contributed by atoms with van der Waals surface area (Å²) in [5.41, 5.74) is 3.57. The summed E-state index contributed by atoms with van der Waals surface area (Å²) < 4.78 is 0. The van der Waals surface area contributed by atoms with Crippen molar-refractivity contribution < 1.29 is 9.59 Å². The largest absolute Gasteiger partial charge is 0.325 e. The minimum atomic E-state index is -0.263. The molecule has 2 aromatic carbocycles. The smallest absolute Gasteiger partial charge is 0.244 e. The minimum Gasteiger partial charge on any atom is -0.325 e. The molecule has 2 amide bonds. The lowest BCUT2D eigenvalue weighted by Crippen LogP contribution is -2.36. The lowest BCUT2D eigenvalue weighted by Gasteiger charge is -2.21. The molecule has 0 spiro atoms. The van der Waals surface area contributed by atoms with E-state index >= 15 is 0 Å². The number of benzene rings is 2. The van der Waals surface area contributed by atoms with Gasteiger partial charge in [0.25, 0.3) is 0 Å². The Morgan fingerprint density at radius 1 is 1.04 bits per heavy atom. The highest BCUT2D eigenvalue weighted by molar-refractivity contribution is 6.30. The second-order valence-corrected chi connectivity index (χ2v) is 5.87. The van der Waals surface area contributed by atoms with Gasteiger partial charge in [-0.3, -0.25) is 9.59 Å². The van der Waals surface area contributed by atoms with Crippen LogP contribution in [0.2, 0.25) is 5.02 Å². The Balaban J connectivity index is 2.12. The summed E-state index contributed by atoms with van der Waals surface area (Å²) in [5.74, 6) is -0.444. The number of amides is 2. The monoisotopic (exact) mass is 330 g/mol. The van der Waals surface area contributed by atoms with E-state index < -0.39 is 0 Å². The van der Waals surface area contributed by atoms with Crippen LogP contribution < -0.4 is 10.2 Å². The SMILES string of the molecule is CC(=O)N(CC(=O)Nc1ccc(Cl)cc1)c1ccc(C)c(C)c1. The number of hydrogen-bond acceptors (Lipinski definition) is 2. The van der Waals surface area contributed by atoms with E-state index in [1.807, 2.05) is 32.0 Å². The van der Waals surface area contributed by atoms with Crippen molar-refractivity contribution in [3.8, 4) is 0 Å². The van der Waals surface area contributed by atoms with Gasteiger partial charge in [0.05, 0.1) is 0 Å². The minimum absolute atomic E-state index is 0.0412. The lowest BCUT2D eigenvalue weighted by molar-refractivity contribution is -0.120. The first-order valence-electron chi connectivity index (χ1n) is 7.27. The predicted octanol–water partition coefficient (Wildman–Crippen LogP) is 3.95. The molecule has 1 N–H and O–H groups in total. The second kappa shape index (κ2) is 7.29. The van der Waals surface area contributed by atoms with Crippen molar-refractivity contribution in [2.45, 2.75) is 20.8 Å². The van der Waals surface area contributed by atoms with Crippen molar-refractivity contribution in [1.82, 2.24) is 0 Å². The van der Waals surface area contributed by atoms with Gasteiger partial charge in [-0.15, -0.1) is 0 Å². The van der Waals surface area contributed by atoms with E-state index in [1.54, 1.807) is 24.3 Å². The number of nitrogens with zero attached hydrogens (tertiary/aromatic N) is 1. The molecule has 120 valence electrons. The number of nitrogens with one attached hydrogen (secondary N) is 1. The Morgan fingerprint density at radius 2 is 1.70 bits per heavy atom. The van der Waals surface area contributed by atoms with Gasteiger partial charge in [-0.2, -0.15) is 0 Å². The third-order valence-electron chi connectivity index (χ3n) is 3.61. The van der Waals surface area contributed by atoms with E-state index in [1.165, 1.54) is 11.8 Å². The Hall–Kier alpha value is -2.33. The third kappa shape index (κ3) is 4.57. The summed E-state index contributed by atoms with van der Waals surface area (Å²) in [6.45, 7) is 5.39. The van der Waals surface area contributed by atoms with Crippen LogP contribution in [0.3, 0.4) is 0 Å². The Kier molecular flexibility index (Phi) is 5.40. The van der Waals surface area contributed by atoms with Crippen LogP contribution in [-0.4, -0.2) is 18.4 Å². The van der Waals surface area contributed by atoms with Gasteiger partial charge in [0.2, 0.25) is 11.8 Å². The van der Waals surface area contributed by atoms with Gasteiger partial charge in [0.1, 0.15) is 6.54 Å². The molecular weight excluding hydrogens is 312 g/mol. The first kappa shape index (κ1) is 17.0. The predicted molar refractivity (Wildman–Crippen MR) is 94.0 cm³/mol. The summed E-state index contributed by atoms with van der Waals surface area (Å²) in [5, 5.41) is 3.36. The van der Waals surface area contributed by atoms with Crippen LogP contribution in [0.15, 0.2) is 42.5 Å². The van der Waals surface area contributed by atoms with Gasteiger partial charge in [-0.1, -0.05) is 17.7 Å². The number of anilines is 2. The standard InChI is InChI=1S/C18H19ClN2O2/c1-12-4-9-17(10-13(12)2)21(14(3)22)11-18(23)20-16-7-5-15(19)6-8-16/h4-10H,11H2,1-3H3,(H,20,23). The topological polar surface area (TPSA) is 49.4 Å². The van der Waals surface area contributed by atoms with E-state index in [0.717, 1.165) is 11.1 Å². The van der Waals surface area contributed by atoms with Crippen molar-refractivity contribution in [2.75, 3.05) is 16.8 Å². The van der Waals surface area contributed by atoms with Crippen molar-refractivity contribution in [3.05, 3.63) is 58.6 Å². The van der Waals surface area contributed by atoms with Gasteiger partial charge in [-0.25, -0.2) is 0 Å².